The Labute approximate surface area is 398 Å². The number of aromatic nitrogens is 1. The van der Waals surface area contributed by atoms with Crippen molar-refractivity contribution in [3.8, 4) is 0 Å². The summed E-state index contributed by atoms with van der Waals surface area (Å²) in [5, 5.41) is 22.0. The van der Waals surface area contributed by atoms with Crippen molar-refractivity contribution < 1.29 is 23.8 Å². The van der Waals surface area contributed by atoms with Gasteiger partial charge in [0.25, 0.3) is 5.91 Å². The quantitative estimate of drug-likeness (QED) is 0.0439. The van der Waals surface area contributed by atoms with Crippen LogP contribution in [0.15, 0.2) is 158 Å². The van der Waals surface area contributed by atoms with Crippen molar-refractivity contribution in [1.29, 1.82) is 0 Å². The Kier molecular flexibility index (Phi) is 16.8. The molecule has 11 heteroatoms. The molecule has 1 aliphatic rings. The van der Waals surface area contributed by atoms with Crippen molar-refractivity contribution in [2.24, 2.45) is 0 Å². The third-order valence-electron chi connectivity index (χ3n) is 11.9. The van der Waals surface area contributed by atoms with Crippen LogP contribution in [0.2, 0.25) is 0 Å². The van der Waals surface area contributed by atoms with Crippen molar-refractivity contribution in [2.75, 3.05) is 23.9 Å². The molecule has 1 amide bonds. The third kappa shape index (κ3) is 12.7. The maximum atomic E-state index is 14.6. The highest BCUT2D eigenvalue weighted by molar-refractivity contribution is 8.01. The zero-order valence-corrected chi connectivity index (χ0v) is 39.8. The number of halogens is 1. The van der Waals surface area contributed by atoms with Gasteiger partial charge in [-0.25, -0.2) is 9.18 Å². The standard InChI is InChI=1S/C55H61FN4O4S2/c1-54(2,3)64-53(63)51(49-36-46(37-58-49)66-55(40-16-8-5-9-17-40,41-18-10-6-11-19-41)42-20-12-7-13-21-42)59-45-30-27-39(26-23-38-24-28-43(56)29-25-38)47(34-45)52(62)60-48(31-33-65-4)50(61)35-44-22-14-15-32-57-44/h5-22,24-25,27-30,32,34,46,48-51,58-59,61H,23,26,31,33,35-37H2,1-4H3,(H,60,62)/t46?,48-,49?,50?,51?/m0/s1. The Morgan fingerprint density at radius 3 is 2.03 bits per heavy atom. The van der Waals surface area contributed by atoms with Crippen LogP contribution in [0.5, 0.6) is 0 Å². The molecule has 5 aromatic carbocycles. The average Bonchev–Trinajstić information content (AvgIpc) is 3.79. The van der Waals surface area contributed by atoms with E-state index in [2.05, 4.69) is 93.7 Å². The zero-order chi connectivity index (χ0) is 46.5. The van der Waals surface area contributed by atoms with Crippen molar-refractivity contribution in [1.82, 2.24) is 15.6 Å². The number of thioether (sulfide) groups is 2. The molecule has 1 saturated heterocycles. The van der Waals surface area contributed by atoms with Crippen LogP contribution in [-0.2, 0) is 33.5 Å². The molecule has 1 aromatic heterocycles. The molecule has 4 unspecified atom stereocenters. The number of nitrogens with zero attached hydrogens (tertiary/aromatic N) is 1. The maximum Gasteiger partial charge on any atom is 0.330 e. The van der Waals surface area contributed by atoms with Crippen LogP contribution in [0.3, 0.4) is 0 Å². The minimum absolute atomic E-state index is 0.0910. The van der Waals surface area contributed by atoms with Gasteiger partial charge in [0, 0.05) is 47.4 Å². The highest BCUT2D eigenvalue weighted by Gasteiger charge is 2.44. The van der Waals surface area contributed by atoms with E-state index in [1.165, 1.54) is 28.8 Å². The Morgan fingerprint density at radius 1 is 0.833 bits per heavy atom. The summed E-state index contributed by atoms with van der Waals surface area (Å²) in [6.07, 6.45) is 5.40. The van der Waals surface area contributed by atoms with Gasteiger partial charge in [-0.05, 0) is 123 Å². The Hall–Kier alpha value is -5.46. The molecule has 0 bridgehead atoms. The van der Waals surface area contributed by atoms with E-state index in [4.69, 9.17) is 4.74 Å². The molecule has 1 fully saturated rings. The molecule has 344 valence electrons. The van der Waals surface area contributed by atoms with Gasteiger partial charge in [-0.2, -0.15) is 11.8 Å². The first-order valence-corrected chi connectivity index (χ1v) is 25.0. The second-order valence-electron chi connectivity index (χ2n) is 17.9. The number of benzene rings is 5. The largest absolute Gasteiger partial charge is 0.458 e. The number of aryl methyl sites for hydroxylation is 2. The molecule has 2 heterocycles. The van der Waals surface area contributed by atoms with Gasteiger partial charge in [-0.3, -0.25) is 9.78 Å². The number of carbonyl (C=O) groups is 2. The Balaban J connectivity index is 1.19. The fourth-order valence-corrected chi connectivity index (χ4v) is 11.0. The molecule has 5 atom stereocenters. The van der Waals surface area contributed by atoms with Crippen LogP contribution >= 0.6 is 23.5 Å². The molecule has 66 heavy (non-hydrogen) atoms. The van der Waals surface area contributed by atoms with E-state index < -0.39 is 34.5 Å². The molecule has 4 N–H and O–H groups in total. The normalized spacial score (nSPS) is 16.5. The molecular formula is C55H61FN4O4S2. The van der Waals surface area contributed by atoms with Gasteiger partial charge in [0.2, 0.25) is 0 Å². The van der Waals surface area contributed by atoms with E-state index >= 15 is 0 Å². The monoisotopic (exact) mass is 924 g/mol. The number of anilines is 1. The van der Waals surface area contributed by atoms with Crippen LogP contribution in [-0.4, -0.2) is 75.6 Å². The lowest BCUT2D eigenvalue weighted by molar-refractivity contribution is -0.156. The maximum absolute atomic E-state index is 14.6. The fourth-order valence-electron chi connectivity index (χ4n) is 8.67. The Morgan fingerprint density at radius 2 is 1.45 bits per heavy atom. The minimum atomic E-state index is -0.875. The number of nitrogens with one attached hydrogen (secondary N) is 3. The second kappa shape index (κ2) is 22.8. The summed E-state index contributed by atoms with van der Waals surface area (Å²) >= 11 is 3.54. The SMILES string of the molecule is CSCC[C@H](NC(=O)c1cc(NC(C(=O)OC(C)(C)C)C2CC(SC(c3ccccc3)(c3ccccc3)c3ccccc3)CN2)ccc1CCc1ccc(F)cc1)C(O)Cc1ccccn1. The molecule has 0 aliphatic carbocycles. The van der Waals surface area contributed by atoms with E-state index in [1.54, 1.807) is 36.2 Å². The number of amides is 1. The Bertz CT molecular complexity index is 2360. The van der Waals surface area contributed by atoms with Gasteiger partial charge < -0.3 is 25.8 Å². The van der Waals surface area contributed by atoms with Crippen LogP contribution in [0.25, 0.3) is 0 Å². The lowest BCUT2D eigenvalue weighted by atomic mass is 9.84. The summed E-state index contributed by atoms with van der Waals surface area (Å²) in [5.74, 6) is -0.300. The summed E-state index contributed by atoms with van der Waals surface area (Å²) in [6, 6.07) is 47.8. The number of rotatable bonds is 20. The molecular weight excluding hydrogens is 864 g/mol. The summed E-state index contributed by atoms with van der Waals surface area (Å²) in [7, 11) is 0. The van der Waals surface area contributed by atoms with Crippen LogP contribution in [0.4, 0.5) is 10.1 Å². The van der Waals surface area contributed by atoms with Crippen molar-refractivity contribution in [3.05, 3.63) is 203 Å². The lowest BCUT2D eigenvalue weighted by Crippen LogP contribution is -2.48. The summed E-state index contributed by atoms with van der Waals surface area (Å²) in [5.41, 5.74) is 6.23. The van der Waals surface area contributed by atoms with Gasteiger partial charge >= 0.3 is 5.97 Å². The highest BCUT2D eigenvalue weighted by atomic mass is 32.2. The van der Waals surface area contributed by atoms with Gasteiger partial charge in [-0.1, -0.05) is 115 Å². The summed E-state index contributed by atoms with van der Waals surface area (Å²) < 4.78 is 19.4. The van der Waals surface area contributed by atoms with Crippen molar-refractivity contribution >= 4 is 41.1 Å². The number of esters is 1. The van der Waals surface area contributed by atoms with E-state index in [0.717, 1.165) is 22.6 Å². The number of aliphatic hydroxyl groups excluding tert-OH is 1. The van der Waals surface area contributed by atoms with E-state index in [-0.39, 0.29) is 29.4 Å². The van der Waals surface area contributed by atoms with Gasteiger partial charge in [0.1, 0.15) is 17.5 Å². The predicted molar refractivity (Wildman–Crippen MR) is 269 cm³/mol. The fraction of sp³-hybridized carbons (Fsp3) is 0.327. The first kappa shape index (κ1) is 48.5. The number of ether oxygens (including phenoxy) is 1. The lowest BCUT2D eigenvalue weighted by Gasteiger charge is -2.37. The molecule has 8 nitrogen and oxygen atoms in total. The van der Waals surface area contributed by atoms with E-state index in [9.17, 15) is 19.1 Å². The topological polar surface area (TPSA) is 113 Å². The highest BCUT2D eigenvalue weighted by Crippen LogP contribution is 2.51. The van der Waals surface area contributed by atoms with Gasteiger partial charge in [0.15, 0.2) is 0 Å². The minimum Gasteiger partial charge on any atom is -0.458 e. The van der Waals surface area contributed by atoms with Crippen LogP contribution in [0.1, 0.15) is 77.5 Å². The van der Waals surface area contributed by atoms with Crippen LogP contribution in [0, 0.1) is 5.82 Å². The van der Waals surface area contributed by atoms with E-state index in [1.807, 2.05) is 87.3 Å². The zero-order valence-electron chi connectivity index (χ0n) is 38.2. The first-order valence-electron chi connectivity index (χ1n) is 22.7. The molecule has 6 aromatic rings. The second-order valence-corrected chi connectivity index (χ2v) is 20.4. The third-order valence-corrected chi connectivity index (χ3v) is 14.3. The molecule has 0 radical (unpaired) electrons. The molecule has 0 spiro atoms. The predicted octanol–water partition coefficient (Wildman–Crippen LogP) is 10.0. The van der Waals surface area contributed by atoms with Gasteiger partial charge in [0.05, 0.1) is 16.9 Å². The number of carbonyl (C=O) groups excluding carboxylic acids is 2. The number of aliphatic hydroxyl groups is 1. The first-order chi connectivity index (χ1) is 31.9. The number of pyridine rings is 1. The number of hydrogen-bond acceptors (Lipinski definition) is 9. The molecule has 7 rings (SSSR count). The summed E-state index contributed by atoms with van der Waals surface area (Å²) in [4.78, 5) is 33.3. The summed E-state index contributed by atoms with van der Waals surface area (Å²) in [6.45, 7) is 6.25. The molecule has 0 saturated carbocycles. The van der Waals surface area contributed by atoms with Gasteiger partial charge in [-0.15, -0.1) is 11.8 Å². The van der Waals surface area contributed by atoms with E-state index in [0.29, 0.717) is 43.5 Å². The van der Waals surface area contributed by atoms with Crippen LogP contribution < -0.4 is 16.0 Å². The van der Waals surface area contributed by atoms with Crippen molar-refractivity contribution in [2.45, 2.75) is 92.7 Å². The van der Waals surface area contributed by atoms with Crippen molar-refractivity contribution in [3.63, 3.8) is 0 Å². The molecule has 1 aliphatic heterocycles. The smallest absolute Gasteiger partial charge is 0.330 e. The number of hydrogen-bond donors (Lipinski definition) is 4. The average molecular weight is 925 g/mol.